The maximum atomic E-state index is 11.9. The van der Waals surface area contributed by atoms with Gasteiger partial charge in [0.15, 0.2) is 0 Å². The second-order valence-corrected chi connectivity index (χ2v) is 4.38. The Kier molecular flexibility index (Phi) is 2.56. The van der Waals surface area contributed by atoms with E-state index in [9.17, 15) is 9.90 Å². The van der Waals surface area contributed by atoms with E-state index in [2.05, 4.69) is 4.98 Å². The number of hydrogen-bond donors (Lipinski definition) is 1. The summed E-state index contributed by atoms with van der Waals surface area (Å²) in [5.74, 6) is 0.303. The molecule has 94 valence electrons. The first-order valence-electron chi connectivity index (χ1n) is 5.84. The van der Waals surface area contributed by atoms with E-state index in [0.717, 1.165) is 11.1 Å². The van der Waals surface area contributed by atoms with Crippen LogP contribution in [0.4, 0.5) is 0 Å². The lowest BCUT2D eigenvalue weighted by Gasteiger charge is -2.02. The highest BCUT2D eigenvalue weighted by Gasteiger charge is 2.09. The van der Waals surface area contributed by atoms with Gasteiger partial charge >= 0.3 is 5.63 Å². The lowest BCUT2D eigenvalue weighted by Crippen LogP contribution is -2.02. The highest BCUT2D eigenvalue weighted by molar-refractivity contribution is 5.80. The van der Waals surface area contributed by atoms with Crippen molar-refractivity contribution in [3.05, 3.63) is 58.4 Å². The van der Waals surface area contributed by atoms with Crippen LogP contribution in [0.25, 0.3) is 22.4 Å². The topological polar surface area (TPSA) is 63.3 Å². The van der Waals surface area contributed by atoms with E-state index in [4.69, 9.17) is 4.42 Å². The SMILES string of the molecule is Cc1cccc(-c2nc3ccc(O)cc3c(=O)o2)c1. The predicted octanol–water partition coefficient (Wildman–Crippen LogP) is 2.87. The normalized spacial score (nSPS) is 10.8. The third kappa shape index (κ3) is 2.08. The van der Waals surface area contributed by atoms with E-state index < -0.39 is 5.63 Å². The first-order chi connectivity index (χ1) is 9.13. The standard InChI is InChI=1S/C15H11NO3/c1-9-3-2-4-10(7-9)14-16-13-6-5-11(17)8-12(13)15(18)19-14/h2-8,17H,1H3. The highest BCUT2D eigenvalue weighted by Crippen LogP contribution is 2.21. The van der Waals surface area contributed by atoms with E-state index in [1.165, 1.54) is 12.1 Å². The number of aromatic nitrogens is 1. The molecule has 1 heterocycles. The van der Waals surface area contributed by atoms with Gasteiger partial charge in [-0.1, -0.05) is 17.7 Å². The molecule has 0 aliphatic heterocycles. The van der Waals surface area contributed by atoms with Gasteiger partial charge in [0.05, 0.1) is 10.9 Å². The maximum absolute atomic E-state index is 11.9. The largest absolute Gasteiger partial charge is 0.508 e. The average molecular weight is 253 g/mol. The Hall–Kier alpha value is -2.62. The van der Waals surface area contributed by atoms with Crippen molar-refractivity contribution in [3.8, 4) is 17.2 Å². The maximum Gasteiger partial charge on any atom is 0.347 e. The van der Waals surface area contributed by atoms with Crippen LogP contribution in [0.15, 0.2) is 51.7 Å². The zero-order valence-corrected chi connectivity index (χ0v) is 10.3. The van der Waals surface area contributed by atoms with Crippen LogP contribution in [-0.2, 0) is 0 Å². The third-order valence-corrected chi connectivity index (χ3v) is 2.88. The molecule has 0 radical (unpaired) electrons. The van der Waals surface area contributed by atoms with Gasteiger partial charge in [-0.3, -0.25) is 0 Å². The number of aromatic hydroxyl groups is 1. The second kappa shape index (κ2) is 4.24. The predicted molar refractivity (Wildman–Crippen MR) is 72.1 cm³/mol. The van der Waals surface area contributed by atoms with Crippen molar-refractivity contribution in [3.63, 3.8) is 0 Å². The summed E-state index contributed by atoms with van der Waals surface area (Å²) in [6.45, 7) is 1.96. The minimum Gasteiger partial charge on any atom is -0.508 e. The third-order valence-electron chi connectivity index (χ3n) is 2.88. The molecule has 0 atom stereocenters. The number of benzene rings is 2. The van der Waals surface area contributed by atoms with Gasteiger partial charge in [0.1, 0.15) is 5.75 Å². The van der Waals surface area contributed by atoms with Crippen molar-refractivity contribution in [2.45, 2.75) is 6.92 Å². The molecular formula is C15H11NO3. The van der Waals surface area contributed by atoms with Crippen LogP contribution >= 0.6 is 0 Å². The van der Waals surface area contributed by atoms with Gasteiger partial charge in [-0.05, 0) is 37.3 Å². The monoisotopic (exact) mass is 253 g/mol. The van der Waals surface area contributed by atoms with Gasteiger partial charge in [0.25, 0.3) is 0 Å². The quantitative estimate of drug-likeness (QED) is 0.724. The summed E-state index contributed by atoms with van der Waals surface area (Å²) in [4.78, 5) is 16.2. The van der Waals surface area contributed by atoms with Gasteiger partial charge < -0.3 is 9.52 Å². The van der Waals surface area contributed by atoms with Crippen LogP contribution in [0.3, 0.4) is 0 Å². The molecule has 1 aromatic heterocycles. The Morgan fingerprint density at radius 2 is 2.00 bits per heavy atom. The fourth-order valence-corrected chi connectivity index (χ4v) is 1.96. The van der Waals surface area contributed by atoms with Crippen molar-refractivity contribution in [2.75, 3.05) is 0 Å². The van der Waals surface area contributed by atoms with Gasteiger partial charge in [0, 0.05) is 5.56 Å². The molecule has 0 spiro atoms. The minimum atomic E-state index is -0.502. The molecule has 19 heavy (non-hydrogen) atoms. The Balaban J connectivity index is 2.27. The smallest absolute Gasteiger partial charge is 0.347 e. The summed E-state index contributed by atoms with van der Waals surface area (Å²) in [6.07, 6.45) is 0. The molecule has 3 rings (SSSR count). The van der Waals surface area contributed by atoms with E-state index in [-0.39, 0.29) is 17.0 Å². The molecule has 2 aromatic carbocycles. The number of nitrogens with zero attached hydrogens (tertiary/aromatic N) is 1. The summed E-state index contributed by atoms with van der Waals surface area (Å²) in [7, 11) is 0. The summed E-state index contributed by atoms with van der Waals surface area (Å²) in [5, 5.41) is 9.64. The molecule has 3 aromatic rings. The van der Waals surface area contributed by atoms with Crippen LogP contribution in [0.1, 0.15) is 5.56 Å². The lowest BCUT2D eigenvalue weighted by atomic mass is 10.1. The van der Waals surface area contributed by atoms with Crippen molar-refractivity contribution >= 4 is 10.9 Å². The van der Waals surface area contributed by atoms with E-state index in [1.54, 1.807) is 6.07 Å². The number of phenols is 1. The van der Waals surface area contributed by atoms with Crippen LogP contribution in [0.2, 0.25) is 0 Å². The molecule has 1 N–H and O–H groups in total. The number of aryl methyl sites for hydroxylation is 1. The van der Waals surface area contributed by atoms with Crippen LogP contribution < -0.4 is 5.63 Å². The molecule has 0 amide bonds. The molecule has 0 fully saturated rings. The number of phenolic OH excluding ortho intramolecular Hbond substituents is 1. The molecule has 0 saturated carbocycles. The number of hydrogen-bond acceptors (Lipinski definition) is 4. The van der Waals surface area contributed by atoms with Crippen LogP contribution in [0.5, 0.6) is 5.75 Å². The zero-order valence-electron chi connectivity index (χ0n) is 10.3. The van der Waals surface area contributed by atoms with E-state index >= 15 is 0 Å². The molecule has 0 aliphatic carbocycles. The summed E-state index contributed by atoms with van der Waals surface area (Å²) in [6, 6.07) is 12.0. The van der Waals surface area contributed by atoms with Crippen molar-refractivity contribution in [2.24, 2.45) is 0 Å². The van der Waals surface area contributed by atoms with Gasteiger partial charge in [-0.15, -0.1) is 0 Å². The molecule has 0 bridgehead atoms. The Morgan fingerprint density at radius 3 is 2.79 bits per heavy atom. The van der Waals surface area contributed by atoms with Crippen LogP contribution in [-0.4, -0.2) is 10.1 Å². The Labute approximate surface area is 109 Å². The van der Waals surface area contributed by atoms with Crippen molar-refractivity contribution in [1.82, 2.24) is 4.98 Å². The fraction of sp³-hybridized carbons (Fsp3) is 0.0667. The van der Waals surface area contributed by atoms with Crippen LogP contribution in [0, 0.1) is 6.92 Å². The molecule has 4 heteroatoms. The molecular weight excluding hydrogens is 242 g/mol. The number of rotatable bonds is 1. The molecule has 4 nitrogen and oxygen atoms in total. The van der Waals surface area contributed by atoms with Gasteiger partial charge in [0.2, 0.25) is 5.89 Å². The minimum absolute atomic E-state index is 0.0184. The van der Waals surface area contributed by atoms with Gasteiger partial charge in [-0.2, -0.15) is 0 Å². The van der Waals surface area contributed by atoms with Gasteiger partial charge in [-0.25, -0.2) is 9.78 Å². The summed E-state index contributed by atoms with van der Waals surface area (Å²) >= 11 is 0. The second-order valence-electron chi connectivity index (χ2n) is 4.38. The average Bonchev–Trinajstić information content (AvgIpc) is 2.39. The summed E-state index contributed by atoms with van der Waals surface area (Å²) < 4.78 is 5.21. The molecule has 0 saturated heterocycles. The number of fused-ring (bicyclic) bond motifs is 1. The zero-order chi connectivity index (χ0) is 13.4. The van der Waals surface area contributed by atoms with E-state index in [1.807, 2.05) is 31.2 Å². The van der Waals surface area contributed by atoms with E-state index in [0.29, 0.717) is 5.52 Å². The fourth-order valence-electron chi connectivity index (χ4n) is 1.96. The Bertz CT molecular complexity index is 821. The molecule has 0 aliphatic rings. The van der Waals surface area contributed by atoms with Crippen molar-refractivity contribution in [1.29, 1.82) is 0 Å². The highest BCUT2D eigenvalue weighted by atomic mass is 16.4. The summed E-state index contributed by atoms with van der Waals surface area (Å²) in [5.41, 5.74) is 1.82. The first-order valence-corrected chi connectivity index (χ1v) is 5.84. The Morgan fingerprint density at radius 1 is 1.16 bits per heavy atom. The van der Waals surface area contributed by atoms with Crippen molar-refractivity contribution < 1.29 is 9.52 Å². The first kappa shape index (κ1) is 11.5. The molecule has 0 unspecified atom stereocenters. The lowest BCUT2D eigenvalue weighted by molar-refractivity contribution is 0.474.